The number of amidine groups is 1. The summed E-state index contributed by atoms with van der Waals surface area (Å²) in [5.41, 5.74) is 8.45. The maximum atomic E-state index is 7.82. The zero-order valence-corrected chi connectivity index (χ0v) is 12.9. The van der Waals surface area contributed by atoms with Gasteiger partial charge in [-0.3, -0.25) is 5.41 Å². The van der Waals surface area contributed by atoms with E-state index in [9.17, 15) is 0 Å². The molecule has 20 heavy (non-hydrogen) atoms. The molecule has 0 radical (unpaired) electrons. The van der Waals surface area contributed by atoms with Crippen LogP contribution in [0.25, 0.3) is 0 Å². The molecule has 2 rings (SSSR count). The molecule has 2 aromatic rings. The normalized spacial score (nSPS) is 10.6. The van der Waals surface area contributed by atoms with Crippen molar-refractivity contribution in [3.05, 3.63) is 45.3 Å². The number of nitrogens with two attached hydrogens (primary N) is 1. The van der Waals surface area contributed by atoms with Gasteiger partial charge in [0.05, 0.1) is 12.1 Å². The lowest BCUT2D eigenvalue weighted by Gasteiger charge is -2.25. The van der Waals surface area contributed by atoms with Crippen molar-refractivity contribution in [3.8, 4) is 0 Å². The molecule has 0 saturated heterocycles. The second-order valence-electron chi connectivity index (χ2n) is 4.79. The molecule has 3 N–H and O–H groups in total. The molecule has 5 heteroatoms. The van der Waals surface area contributed by atoms with Gasteiger partial charge in [-0.1, -0.05) is 6.07 Å². The van der Waals surface area contributed by atoms with Gasteiger partial charge in [0.15, 0.2) is 0 Å². The Morgan fingerprint density at radius 2 is 2.20 bits per heavy atom. The molecule has 0 fully saturated rings. The second-order valence-corrected chi connectivity index (χ2v) is 5.82. The predicted molar refractivity (Wildman–Crippen MR) is 85.8 cm³/mol. The van der Waals surface area contributed by atoms with E-state index in [1.54, 1.807) is 11.3 Å². The van der Waals surface area contributed by atoms with Crippen LogP contribution in [0.3, 0.4) is 0 Å². The molecule has 0 spiro atoms. The molecule has 2 aromatic heterocycles. The maximum absolute atomic E-state index is 7.82. The van der Waals surface area contributed by atoms with Crippen molar-refractivity contribution in [1.82, 2.24) is 4.98 Å². The molecule has 0 amide bonds. The number of hydrogen-bond donors (Lipinski definition) is 2. The summed E-state index contributed by atoms with van der Waals surface area (Å²) < 4.78 is 0. The van der Waals surface area contributed by atoms with Crippen molar-refractivity contribution in [2.75, 3.05) is 11.4 Å². The standard InChI is InChI=1S/C15H20N4S/c1-4-19(9-12-6-5-7-20-12)15-13(14(16)17)10(2)8-11(3)18-15/h5-8H,4,9H2,1-3H3,(H3,16,17). The molecular weight excluding hydrogens is 268 g/mol. The summed E-state index contributed by atoms with van der Waals surface area (Å²) in [7, 11) is 0. The van der Waals surface area contributed by atoms with Gasteiger partial charge in [0, 0.05) is 17.1 Å². The molecular formula is C15H20N4S. The summed E-state index contributed by atoms with van der Waals surface area (Å²) >= 11 is 1.73. The lowest BCUT2D eigenvalue weighted by molar-refractivity contribution is 0.817. The van der Waals surface area contributed by atoms with Crippen molar-refractivity contribution in [2.24, 2.45) is 5.73 Å². The monoisotopic (exact) mass is 288 g/mol. The lowest BCUT2D eigenvalue weighted by atomic mass is 10.1. The van der Waals surface area contributed by atoms with Crippen LogP contribution in [0.1, 0.15) is 28.6 Å². The third kappa shape index (κ3) is 2.99. The van der Waals surface area contributed by atoms with Crippen molar-refractivity contribution >= 4 is 23.0 Å². The van der Waals surface area contributed by atoms with E-state index in [2.05, 4.69) is 34.3 Å². The van der Waals surface area contributed by atoms with Crippen molar-refractivity contribution in [1.29, 1.82) is 5.41 Å². The zero-order chi connectivity index (χ0) is 14.7. The van der Waals surface area contributed by atoms with Crippen molar-refractivity contribution in [3.63, 3.8) is 0 Å². The first kappa shape index (κ1) is 14.5. The lowest BCUT2D eigenvalue weighted by Crippen LogP contribution is -2.27. The highest BCUT2D eigenvalue weighted by atomic mass is 32.1. The Labute approximate surface area is 123 Å². The van der Waals surface area contributed by atoms with Crippen LogP contribution in [0, 0.1) is 19.3 Å². The Kier molecular flexibility index (Phi) is 4.39. The van der Waals surface area contributed by atoms with Gasteiger partial charge >= 0.3 is 0 Å². The summed E-state index contributed by atoms with van der Waals surface area (Å²) in [5, 5.41) is 9.89. The molecule has 0 unspecified atom stereocenters. The Morgan fingerprint density at radius 3 is 2.75 bits per heavy atom. The molecule has 106 valence electrons. The fraction of sp³-hybridized carbons (Fsp3) is 0.333. The summed E-state index contributed by atoms with van der Waals surface area (Å²) in [6, 6.07) is 6.14. The number of aromatic nitrogens is 1. The van der Waals surface area contributed by atoms with E-state index in [1.165, 1.54) is 4.88 Å². The van der Waals surface area contributed by atoms with E-state index in [0.717, 1.165) is 35.7 Å². The Bertz CT molecular complexity index is 605. The fourth-order valence-electron chi connectivity index (χ4n) is 2.31. The number of nitrogens with one attached hydrogen (secondary N) is 1. The number of hydrogen-bond acceptors (Lipinski definition) is 4. The van der Waals surface area contributed by atoms with E-state index in [4.69, 9.17) is 11.1 Å². The highest BCUT2D eigenvalue weighted by molar-refractivity contribution is 7.09. The number of rotatable bonds is 5. The molecule has 0 aliphatic rings. The first-order chi connectivity index (χ1) is 9.52. The molecule has 0 saturated carbocycles. The molecule has 0 aliphatic carbocycles. The summed E-state index contributed by atoms with van der Waals surface area (Å²) in [6.45, 7) is 7.67. The topological polar surface area (TPSA) is 66.0 Å². The van der Waals surface area contributed by atoms with E-state index in [1.807, 2.05) is 19.9 Å². The van der Waals surface area contributed by atoms with E-state index in [0.29, 0.717) is 0 Å². The van der Waals surface area contributed by atoms with Crippen LogP contribution in [0.2, 0.25) is 0 Å². The Morgan fingerprint density at radius 1 is 1.45 bits per heavy atom. The van der Waals surface area contributed by atoms with Gasteiger partial charge in [0.25, 0.3) is 0 Å². The van der Waals surface area contributed by atoms with Crippen LogP contribution in [-0.4, -0.2) is 17.4 Å². The summed E-state index contributed by atoms with van der Waals surface area (Å²) in [4.78, 5) is 8.07. The van der Waals surface area contributed by atoms with Crippen LogP contribution >= 0.6 is 11.3 Å². The van der Waals surface area contributed by atoms with Gasteiger partial charge < -0.3 is 10.6 Å². The highest BCUT2D eigenvalue weighted by Crippen LogP contribution is 2.24. The van der Waals surface area contributed by atoms with Gasteiger partial charge in [-0.2, -0.15) is 0 Å². The van der Waals surface area contributed by atoms with Crippen molar-refractivity contribution < 1.29 is 0 Å². The third-order valence-corrected chi connectivity index (χ3v) is 4.06. The summed E-state index contributed by atoms with van der Waals surface area (Å²) in [6.07, 6.45) is 0. The Hall–Kier alpha value is -1.88. The van der Waals surface area contributed by atoms with E-state index in [-0.39, 0.29) is 5.84 Å². The number of anilines is 1. The smallest absolute Gasteiger partial charge is 0.140 e. The number of nitrogens with zero attached hydrogens (tertiary/aromatic N) is 2. The highest BCUT2D eigenvalue weighted by Gasteiger charge is 2.17. The van der Waals surface area contributed by atoms with Gasteiger partial charge in [-0.15, -0.1) is 11.3 Å². The fourth-order valence-corrected chi connectivity index (χ4v) is 3.03. The summed E-state index contributed by atoms with van der Waals surface area (Å²) in [5.74, 6) is 0.889. The van der Waals surface area contributed by atoms with E-state index < -0.39 is 0 Å². The largest absolute Gasteiger partial charge is 0.384 e. The minimum atomic E-state index is 0.0784. The number of thiophene rings is 1. The predicted octanol–water partition coefficient (Wildman–Crippen LogP) is 3.07. The van der Waals surface area contributed by atoms with Crippen LogP contribution < -0.4 is 10.6 Å². The van der Waals surface area contributed by atoms with Gasteiger partial charge in [-0.25, -0.2) is 4.98 Å². The zero-order valence-electron chi connectivity index (χ0n) is 12.1. The number of nitrogen functional groups attached to an aromatic ring is 1. The van der Waals surface area contributed by atoms with Crippen LogP contribution in [0.4, 0.5) is 5.82 Å². The van der Waals surface area contributed by atoms with Crippen molar-refractivity contribution in [2.45, 2.75) is 27.3 Å². The molecule has 0 aliphatic heterocycles. The molecule has 0 atom stereocenters. The second kappa shape index (κ2) is 6.05. The van der Waals surface area contributed by atoms with Gasteiger partial charge in [-0.05, 0) is 43.8 Å². The molecule has 2 heterocycles. The van der Waals surface area contributed by atoms with Gasteiger partial charge in [0.2, 0.25) is 0 Å². The first-order valence-corrected chi connectivity index (χ1v) is 7.50. The first-order valence-electron chi connectivity index (χ1n) is 6.63. The van der Waals surface area contributed by atoms with Gasteiger partial charge in [0.1, 0.15) is 11.7 Å². The van der Waals surface area contributed by atoms with Crippen LogP contribution in [0.15, 0.2) is 23.6 Å². The van der Waals surface area contributed by atoms with E-state index >= 15 is 0 Å². The quantitative estimate of drug-likeness (QED) is 0.656. The molecule has 0 bridgehead atoms. The average molecular weight is 288 g/mol. The molecule has 4 nitrogen and oxygen atoms in total. The van der Waals surface area contributed by atoms with Crippen LogP contribution in [0.5, 0.6) is 0 Å². The average Bonchev–Trinajstić information content (AvgIpc) is 2.87. The molecule has 0 aromatic carbocycles. The van der Waals surface area contributed by atoms with Crippen LogP contribution in [-0.2, 0) is 6.54 Å². The Balaban J connectivity index is 2.45. The minimum absolute atomic E-state index is 0.0784. The number of aryl methyl sites for hydroxylation is 2. The maximum Gasteiger partial charge on any atom is 0.140 e. The SMILES string of the molecule is CCN(Cc1cccs1)c1nc(C)cc(C)c1C(=N)N. The minimum Gasteiger partial charge on any atom is -0.384 e. The third-order valence-electron chi connectivity index (χ3n) is 3.20. The number of pyridine rings is 1.